The Morgan fingerprint density at radius 2 is 1.73 bits per heavy atom. The monoisotopic (exact) mass is 554 g/mol. The molecule has 0 atom stereocenters. The number of alkyl halides is 3. The number of rotatable bonds is 5. The van der Waals surface area contributed by atoms with Gasteiger partial charge in [-0.25, -0.2) is 4.79 Å². The highest BCUT2D eigenvalue weighted by Gasteiger charge is 2.50. The first-order valence-electron chi connectivity index (χ1n) is 12.8. The summed E-state index contributed by atoms with van der Waals surface area (Å²) >= 11 is 0. The van der Waals surface area contributed by atoms with Crippen LogP contribution in [0.4, 0.5) is 29.3 Å². The van der Waals surface area contributed by atoms with Gasteiger partial charge in [-0.3, -0.25) is 19.5 Å². The average Bonchev–Trinajstić information content (AvgIpc) is 3.20. The van der Waals surface area contributed by atoms with E-state index in [1.807, 2.05) is 42.5 Å². The second kappa shape index (κ2) is 12.2. The molecule has 2 aliphatic rings. The van der Waals surface area contributed by atoms with Gasteiger partial charge in [0.2, 0.25) is 5.91 Å². The summed E-state index contributed by atoms with van der Waals surface area (Å²) in [5.74, 6) is -0.523. The van der Waals surface area contributed by atoms with E-state index in [9.17, 15) is 22.8 Å². The number of carbonyl (C=O) groups is 3. The second-order valence-electron chi connectivity index (χ2n) is 9.73. The van der Waals surface area contributed by atoms with Crippen molar-refractivity contribution in [3.8, 4) is 11.3 Å². The first kappa shape index (κ1) is 28.6. The number of benzene rings is 2. The first-order chi connectivity index (χ1) is 19.2. The number of urea groups is 1. The quantitative estimate of drug-likeness (QED) is 0.374. The van der Waals surface area contributed by atoms with Gasteiger partial charge < -0.3 is 15.3 Å². The molecule has 210 valence electrons. The topological polar surface area (TPSA) is 103 Å². The standard InChI is InChI=1S/C28H27F3N4O2.CH2O2/c29-28(30,31)21-7-6-8-22(17-21)33-25(36)18-35-26(37)34(19-27(35)14-3-1-4-15-27)23-12-10-20(11-13-23)24-9-2-5-16-32-24;2-1-3/h2,5-13,16-17H,1,3-4,14-15,18-19H2,(H,33,36);1H,(H,2,3). The summed E-state index contributed by atoms with van der Waals surface area (Å²) < 4.78 is 39.2. The minimum absolute atomic E-state index is 0.0473. The molecule has 0 bridgehead atoms. The highest BCUT2D eigenvalue weighted by molar-refractivity contribution is 6.00. The number of hydrogen-bond acceptors (Lipinski definition) is 4. The molecule has 3 aromatic rings. The van der Waals surface area contributed by atoms with Crippen LogP contribution < -0.4 is 10.2 Å². The van der Waals surface area contributed by atoms with E-state index in [0.717, 1.165) is 61.2 Å². The van der Waals surface area contributed by atoms with E-state index in [1.54, 1.807) is 16.0 Å². The number of hydrogen-bond donors (Lipinski definition) is 2. The third-order valence-corrected chi connectivity index (χ3v) is 7.19. The number of halogens is 3. The molecule has 1 saturated heterocycles. The van der Waals surface area contributed by atoms with Crippen molar-refractivity contribution in [3.63, 3.8) is 0 Å². The Kier molecular flexibility index (Phi) is 8.71. The Labute approximate surface area is 229 Å². The molecule has 0 unspecified atom stereocenters. The van der Waals surface area contributed by atoms with Crippen LogP contribution in [0, 0.1) is 0 Å². The number of nitrogens with one attached hydrogen (secondary N) is 1. The minimum Gasteiger partial charge on any atom is -0.483 e. The van der Waals surface area contributed by atoms with Crippen LogP contribution in [0.5, 0.6) is 0 Å². The molecule has 2 fully saturated rings. The lowest BCUT2D eigenvalue weighted by Gasteiger charge is -2.39. The lowest BCUT2D eigenvalue weighted by Crippen LogP contribution is -2.51. The van der Waals surface area contributed by atoms with Gasteiger partial charge >= 0.3 is 12.2 Å². The smallest absolute Gasteiger partial charge is 0.416 e. The maximum atomic E-state index is 13.6. The van der Waals surface area contributed by atoms with Crippen molar-refractivity contribution >= 4 is 29.8 Å². The van der Waals surface area contributed by atoms with Gasteiger partial charge in [0.05, 0.1) is 23.3 Å². The number of carbonyl (C=O) groups excluding carboxylic acids is 2. The molecule has 0 radical (unpaired) electrons. The zero-order chi connectivity index (χ0) is 28.8. The second-order valence-corrected chi connectivity index (χ2v) is 9.73. The van der Waals surface area contributed by atoms with Gasteiger partial charge in [-0.15, -0.1) is 0 Å². The molecule has 1 saturated carbocycles. The van der Waals surface area contributed by atoms with E-state index in [2.05, 4.69) is 10.3 Å². The van der Waals surface area contributed by atoms with Gasteiger partial charge in [0, 0.05) is 23.1 Å². The predicted molar refractivity (Wildman–Crippen MR) is 144 cm³/mol. The maximum absolute atomic E-state index is 13.6. The molecule has 1 aromatic heterocycles. The zero-order valence-corrected chi connectivity index (χ0v) is 21.6. The number of aromatic nitrogens is 1. The number of carboxylic acid groups (broad SMARTS) is 1. The summed E-state index contributed by atoms with van der Waals surface area (Å²) in [6, 6.07) is 17.5. The van der Waals surface area contributed by atoms with Crippen LogP contribution in [0.3, 0.4) is 0 Å². The molecule has 2 aromatic carbocycles. The van der Waals surface area contributed by atoms with E-state index in [-0.39, 0.29) is 24.7 Å². The summed E-state index contributed by atoms with van der Waals surface area (Å²) in [5.41, 5.74) is 1.22. The summed E-state index contributed by atoms with van der Waals surface area (Å²) in [7, 11) is 0. The molecular formula is C29H29F3N4O4. The fourth-order valence-corrected chi connectivity index (χ4v) is 5.33. The summed E-state index contributed by atoms with van der Waals surface area (Å²) in [5, 5.41) is 9.43. The predicted octanol–water partition coefficient (Wildman–Crippen LogP) is 6.05. The van der Waals surface area contributed by atoms with Gasteiger partial charge in [-0.1, -0.05) is 43.5 Å². The van der Waals surface area contributed by atoms with E-state index >= 15 is 0 Å². The SMILES string of the molecule is O=C(CN1C(=O)N(c2ccc(-c3ccccn3)cc2)CC12CCCCC2)Nc1cccc(C(F)(F)F)c1.O=CO. The van der Waals surface area contributed by atoms with Crippen LogP contribution in [-0.4, -0.2) is 52.0 Å². The molecule has 8 nitrogen and oxygen atoms in total. The van der Waals surface area contributed by atoms with E-state index in [0.29, 0.717) is 6.54 Å². The van der Waals surface area contributed by atoms with Crippen molar-refractivity contribution < 1.29 is 32.7 Å². The van der Waals surface area contributed by atoms with Gasteiger partial charge in [-0.05, 0) is 55.3 Å². The van der Waals surface area contributed by atoms with Crippen molar-refractivity contribution in [2.45, 2.75) is 43.8 Å². The summed E-state index contributed by atoms with van der Waals surface area (Å²) in [6.45, 7) is -0.0107. The summed E-state index contributed by atoms with van der Waals surface area (Å²) in [4.78, 5) is 42.6. The largest absolute Gasteiger partial charge is 0.483 e. The molecule has 2 heterocycles. The van der Waals surface area contributed by atoms with E-state index in [4.69, 9.17) is 9.90 Å². The van der Waals surface area contributed by atoms with Crippen LogP contribution >= 0.6 is 0 Å². The van der Waals surface area contributed by atoms with Crippen LogP contribution in [0.15, 0.2) is 72.9 Å². The Morgan fingerprint density at radius 1 is 1.02 bits per heavy atom. The van der Waals surface area contributed by atoms with Crippen molar-refractivity contribution in [3.05, 3.63) is 78.5 Å². The van der Waals surface area contributed by atoms with Crippen molar-refractivity contribution in [1.82, 2.24) is 9.88 Å². The van der Waals surface area contributed by atoms with Gasteiger partial charge in [0.1, 0.15) is 6.54 Å². The van der Waals surface area contributed by atoms with Crippen LogP contribution in [0.1, 0.15) is 37.7 Å². The first-order valence-corrected chi connectivity index (χ1v) is 12.8. The normalized spacial score (nSPS) is 16.3. The number of anilines is 2. The molecule has 1 spiro atoms. The molecule has 5 rings (SSSR count). The highest BCUT2D eigenvalue weighted by atomic mass is 19.4. The van der Waals surface area contributed by atoms with Gasteiger partial charge in [0.15, 0.2) is 0 Å². The average molecular weight is 555 g/mol. The zero-order valence-electron chi connectivity index (χ0n) is 21.6. The van der Waals surface area contributed by atoms with Crippen LogP contribution in [-0.2, 0) is 15.8 Å². The molecule has 3 amide bonds. The minimum atomic E-state index is -4.51. The fraction of sp³-hybridized carbons (Fsp3) is 0.310. The molecule has 40 heavy (non-hydrogen) atoms. The van der Waals surface area contributed by atoms with E-state index in [1.165, 1.54) is 12.1 Å². The van der Waals surface area contributed by atoms with Crippen molar-refractivity contribution in [2.75, 3.05) is 23.3 Å². The number of pyridine rings is 1. The Bertz CT molecular complexity index is 1330. The molecule has 11 heteroatoms. The fourth-order valence-electron chi connectivity index (χ4n) is 5.33. The lowest BCUT2D eigenvalue weighted by molar-refractivity contribution is -0.137. The van der Waals surface area contributed by atoms with Gasteiger partial charge in [0.25, 0.3) is 6.47 Å². The Morgan fingerprint density at radius 3 is 2.35 bits per heavy atom. The third kappa shape index (κ3) is 6.41. The third-order valence-electron chi connectivity index (χ3n) is 7.19. The maximum Gasteiger partial charge on any atom is 0.416 e. The van der Waals surface area contributed by atoms with Gasteiger partial charge in [-0.2, -0.15) is 13.2 Å². The Balaban J connectivity index is 0.00000118. The number of nitrogens with zero attached hydrogens (tertiary/aromatic N) is 3. The van der Waals surface area contributed by atoms with Crippen molar-refractivity contribution in [2.24, 2.45) is 0 Å². The summed E-state index contributed by atoms with van der Waals surface area (Å²) in [6.07, 6.45) is 1.74. The number of amides is 3. The van der Waals surface area contributed by atoms with Crippen LogP contribution in [0.25, 0.3) is 11.3 Å². The molecule has 1 aliphatic carbocycles. The van der Waals surface area contributed by atoms with E-state index < -0.39 is 23.2 Å². The highest BCUT2D eigenvalue weighted by Crippen LogP contribution is 2.41. The van der Waals surface area contributed by atoms with Crippen molar-refractivity contribution in [1.29, 1.82) is 0 Å². The molecule has 1 aliphatic heterocycles. The lowest BCUT2D eigenvalue weighted by atomic mass is 9.81. The van der Waals surface area contributed by atoms with Crippen LogP contribution in [0.2, 0.25) is 0 Å². The molecule has 2 N–H and O–H groups in total. The molecular weight excluding hydrogens is 525 g/mol. The Hall–Kier alpha value is -4.41.